The number of rotatable bonds is 7. The molecule has 19 heavy (non-hydrogen) atoms. The topological polar surface area (TPSA) is 44.4 Å². The summed E-state index contributed by atoms with van der Waals surface area (Å²) in [6.07, 6.45) is 4.87. The van der Waals surface area contributed by atoms with Gasteiger partial charge in [0, 0.05) is 18.6 Å². The first-order valence-electron chi connectivity index (χ1n) is 7.73. The molecule has 1 saturated carbocycles. The van der Waals surface area contributed by atoms with Crippen LogP contribution < -0.4 is 10.6 Å². The second-order valence-corrected chi connectivity index (χ2v) is 6.18. The van der Waals surface area contributed by atoms with Gasteiger partial charge in [0.15, 0.2) is 0 Å². The first-order chi connectivity index (χ1) is 9.02. The largest absolute Gasteiger partial charge is 0.355 e. The summed E-state index contributed by atoms with van der Waals surface area (Å²) in [6, 6.07) is 1.25. The standard InChI is InChI=1S/C15H31N3O/c1-5-16-13-6-8-14(9-7-13)18(4)11-15(19)17-10-12(2)3/h12-14,16H,5-11H2,1-4H3,(H,17,19). The van der Waals surface area contributed by atoms with Crippen molar-refractivity contribution in [2.45, 2.75) is 58.5 Å². The van der Waals surface area contributed by atoms with Crippen LogP contribution in [0.5, 0.6) is 0 Å². The summed E-state index contributed by atoms with van der Waals surface area (Å²) in [5.74, 6) is 0.676. The quantitative estimate of drug-likeness (QED) is 0.738. The molecule has 0 aliphatic heterocycles. The zero-order valence-corrected chi connectivity index (χ0v) is 13.0. The molecule has 1 aliphatic carbocycles. The van der Waals surface area contributed by atoms with E-state index in [-0.39, 0.29) is 5.91 Å². The fourth-order valence-electron chi connectivity index (χ4n) is 2.74. The van der Waals surface area contributed by atoms with Crippen molar-refractivity contribution in [2.75, 3.05) is 26.7 Å². The Bertz CT molecular complexity index is 260. The maximum Gasteiger partial charge on any atom is 0.234 e. The van der Waals surface area contributed by atoms with Crippen LogP contribution in [0.15, 0.2) is 0 Å². The number of carbonyl (C=O) groups excluding carboxylic acids is 1. The molecule has 2 N–H and O–H groups in total. The number of hydrogen-bond donors (Lipinski definition) is 2. The average Bonchev–Trinajstić information content (AvgIpc) is 2.37. The van der Waals surface area contributed by atoms with E-state index in [0.717, 1.165) is 13.1 Å². The van der Waals surface area contributed by atoms with E-state index in [1.807, 2.05) is 0 Å². The highest BCUT2D eigenvalue weighted by atomic mass is 16.2. The maximum absolute atomic E-state index is 11.8. The Labute approximate surface area is 118 Å². The van der Waals surface area contributed by atoms with Crippen LogP contribution in [-0.2, 0) is 4.79 Å². The predicted molar refractivity (Wildman–Crippen MR) is 80.2 cm³/mol. The Kier molecular flexibility index (Phi) is 7.39. The maximum atomic E-state index is 11.8. The molecule has 0 spiro atoms. The van der Waals surface area contributed by atoms with Crippen molar-refractivity contribution in [1.29, 1.82) is 0 Å². The third kappa shape index (κ3) is 6.39. The van der Waals surface area contributed by atoms with Gasteiger partial charge in [0.25, 0.3) is 0 Å². The molecular weight excluding hydrogens is 238 g/mol. The lowest BCUT2D eigenvalue weighted by Gasteiger charge is -2.34. The number of carbonyl (C=O) groups is 1. The summed E-state index contributed by atoms with van der Waals surface area (Å²) in [5, 5.41) is 6.51. The fraction of sp³-hybridized carbons (Fsp3) is 0.933. The monoisotopic (exact) mass is 269 g/mol. The summed E-state index contributed by atoms with van der Waals surface area (Å²) < 4.78 is 0. The van der Waals surface area contributed by atoms with E-state index in [2.05, 4.69) is 43.4 Å². The van der Waals surface area contributed by atoms with Crippen LogP contribution in [0.25, 0.3) is 0 Å². The molecule has 0 aromatic carbocycles. The predicted octanol–water partition coefficient (Wildman–Crippen LogP) is 1.61. The molecule has 0 aromatic heterocycles. The van der Waals surface area contributed by atoms with E-state index in [4.69, 9.17) is 0 Å². The number of hydrogen-bond acceptors (Lipinski definition) is 3. The first kappa shape index (κ1) is 16.4. The van der Waals surface area contributed by atoms with Gasteiger partial charge in [-0.2, -0.15) is 0 Å². The second-order valence-electron chi connectivity index (χ2n) is 6.18. The average molecular weight is 269 g/mol. The van der Waals surface area contributed by atoms with Gasteiger partial charge in [0.1, 0.15) is 0 Å². The van der Waals surface area contributed by atoms with E-state index >= 15 is 0 Å². The van der Waals surface area contributed by atoms with E-state index in [0.29, 0.717) is 24.5 Å². The summed E-state index contributed by atoms with van der Waals surface area (Å²) in [7, 11) is 2.08. The summed E-state index contributed by atoms with van der Waals surface area (Å²) in [6.45, 7) is 8.77. The van der Waals surface area contributed by atoms with Crippen molar-refractivity contribution < 1.29 is 4.79 Å². The van der Waals surface area contributed by atoms with Crippen LogP contribution >= 0.6 is 0 Å². The Morgan fingerprint density at radius 3 is 2.42 bits per heavy atom. The molecule has 4 nitrogen and oxygen atoms in total. The first-order valence-corrected chi connectivity index (χ1v) is 7.73. The highest BCUT2D eigenvalue weighted by molar-refractivity contribution is 5.77. The van der Waals surface area contributed by atoms with E-state index in [9.17, 15) is 4.79 Å². The summed E-state index contributed by atoms with van der Waals surface area (Å²) in [5.41, 5.74) is 0. The molecule has 1 rings (SSSR count). The Hall–Kier alpha value is -0.610. The van der Waals surface area contributed by atoms with E-state index in [1.54, 1.807) is 0 Å². The van der Waals surface area contributed by atoms with Gasteiger partial charge >= 0.3 is 0 Å². The lowest BCUT2D eigenvalue weighted by atomic mass is 9.90. The smallest absolute Gasteiger partial charge is 0.234 e. The summed E-state index contributed by atoms with van der Waals surface area (Å²) in [4.78, 5) is 14.0. The molecule has 0 bridgehead atoms. The van der Waals surface area contributed by atoms with E-state index < -0.39 is 0 Å². The molecule has 0 unspecified atom stereocenters. The van der Waals surface area contributed by atoms with Gasteiger partial charge in [0.2, 0.25) is 5.91 Å². The van der Waals surface area contributed by atoms with Crippen LogP contribution in [0.3, 0.4) is 0 Å². The minimum Gasteiger partial charge on any atom is -0.355 e. The highest BCUT2D eigenvalue weighted by Gasteiger charge is 2.24. The number of nitrogens with one attached hydrogen (secondary N) is 2. The molecule has 0 radical (unpaired) electrons. The lowest BCUT2D eigenvalue weighted by molar-refractivity contribution is -0.122. The molecule has 0 aromatic rings. The van der Waals surface area contributed by atoms with Crippen LogP contribution in [0.4, 0.5) is 0 Å². The number of amides is 1. The molecular formula is C15H31N3O. The summed E-state index contributed by atoms with van der Waals surface area (Å²) >= 11 is 0. The Morgan fingerprint density at radius 2 is 1.89 bits per heavy atom. The molecule has 1 aliphatic rings. The minimum atomic E-state index is 0.157. The van der Waals surface area contributed by atoms with Crippen molar-refractivity contribution in [2.24, 2.45) is 5.92 Å². The minimum absolute atomic E-state index is 0.157. The van der Waals surface area contributed by atoms with Crippen molar-refractivity contribution in [1.82, 2.24) is 15.5 Å². The van der Waals surface area contributed by atoms with Gasteiger partial charge in [-0.3, -0.25) is 9.69 Å². The lowest BCUT2D eigenvalue weighted by Crippen LogP contribution is -2.45. The van der Waals surface area contributed by atoms with Crippen molar-refractivity contribution in [3.63, 3.8) is 0 Å². The zero-order valence-electron chi connectivity index (χ0n) is 13.0. The molecule has 0 saturated heterocycles. The molecule has 1 fully saturated rings. The van der Waals surface area contributed by atoms with Gasteiger partial charge in [0.05, 0.1) is 6.54 Å². The molecule has 1 amide bonds. The Balaban J connectivity index is 2.23. The van der Waals surface area contributed by atoms with Gasteiger partial charge in [-0.25, -0.2) is 0 Å². The zero-order chi connectivity index (χ0) is 14.3. The van der Waals surface area contributed by atoms with E-state index in [1.165, 1.54) is 25.7 Å². The third-order valence-electron chi connectivity index (χ3n) is 3.91. The molecule has 0 heterocycles. The van der Waals surface area contributed by atoms with Crippen molar-refractivity contribution in [3.8, 4) is 0 Å². The SMILES string of the molecule is CCNC1CCC(N(C)CC(=O)NCC(C)C)CC1. The van der Waals surface area contributed by atoms with Gasteiger partial charge in [-0.1, -0.05) is 20.8 Å². The van der Waals surface area contributed by atoms with Crippen LogP contribution in [0, 0.1) is 5.92 Å². The fourth-order valence-corrected chi connectivity index (χ4v) is 2.74. The molecule has 0 atom stereocenters. The van der Waals surface area contributed by atoms with Crippen molar-refractivity contribution in [3.05, 3.63) is 0 Å². The van der Waals surface area contributed by atoms with Crippen LogP contribution in [0.2, 0.25) is 0 Å². The van der Waals surface area contributed by atoms with Gasteiger partial charge in [-0.05, 0) is 45.2 Å². The van der Waals surface area contributed by atoms with Gasteiger partial charge < -0.3 is 10.6 Å². The number of nitrogens with zero attached hydrogens (tertiary/aromatic N) is 1. The van der Waals surface area contributed by atoms with Crippen molar-refractivity contribution >= 4 is 5.91 Å². The molecule has 112 valence electrons. The number of likely N-dealkylation sites (N-methyl/N-ethyl adjacent to an activating group) is 1. The second kappa shape index (κ2) is 8.54. The highest BCUT2D eigenvalue weighted by Crippen LogP contribution is 2.22. The Morgan fingerprint density at radius 1 is 1.26 bits per heavy atom. The third-order valence-corrected chi connectivity index (χ3v) is 3.91. The van der Waals surface area contributed by atoms with Crippen LogP contribution in [0.1, 0.15) is 46.5 Å². The normalized spacial score (nSPS) is 23.9. The van der Waals surface area contributed by atoms with Crippen LogP contribution in [-0.4, -0.2) is 49.6 Å². The van der Waals surface area contributed by atoms with Gasteiger partial charge in [-0.15, -0.1) is 0 Å². The molecule has 4 heteroatoms.